The van der Waals surface area contributed by atoms with Gasteiger partial charge >= 0.3 is 0 Å². The lowest BCUT2D eigenvalue weighted by molar-refractivity contribution is -0.114. The summed E-state index contributed by atoms with van der Waals surface area (Å²) in [5, 5.41) is 3.41. The molecular weight excluding hydrogens is 427 g/mol. The minimum absolute atomic E-state index is 0.129. The van der Waals surface area contributed by atoms with Gasteiger partial charge in [0.25, 0.3) is 0 Å². The number of hydrogen-bond donors (Lipinski definition) is 1. The molecule has 0 aliphatic heterocycles. The molecular formula is C18H20Cl2N2O5S. The van der Waals surface area contributed by atoms with Crippen LogP contribution in [0.25, 0.3) is 0 Å². The van der Waals surface area contributed by atoms with Crippen LogP contribution in [0.15, 0.2) is 30.3 Å². The highest BCUT2D eigenvalue weighted by Gasteiger charge is 2.26. The summed E-state index contributed by atoms with van der Waals surface area (Å²) in [5.41, 5.74) is 1.30. The summed E-state index contributed by atoms with van der Waals surface area (Å²) in [4.78, 5) is 12.6. The highest BCUT2D eigenvalue weighted by atomic mass is 35.5. The molecule has 0 heterocycles. The van der Waals surface area contributed by atoms with E-state index in [-0.39, 0.29) is 22.2 Å². The molecule has 0 atom stereocenters. The highest BCUT2D eigenvalue weighted by Crippen LogP contribution is 2.39. The largest absolute Gasteiger partial charge is 0.495 e. The average Bonchev–Trinajstić information content (AvgIpc) is 2.62. The maximum Gasteiger partial charge on any atom is 0.245 e. The van der Waals surface area contributed by atoms with Crippen LogP contribution in [0, 0.1) is 6.92 Å². The number of ether oxygens (including phenoxy) is 2. The number of carbonyl (C=O) groups excluding carboxylic acids is 1. The molecule has 0 spiro atoms. The molecule has 0 fully saturated rings. The molecule has 0 aromatic heterocycles. The third-order valence-corrected chi connectivity index (χ3v) is 5.78. The fourth-order valence-electron chi connectivity index (χ4n) is 2.48. The van der Waals surface area contributed by atoms with Crippen molar-refractivity contribution in [2.24, 2.45) is 0 Å². The first kappa shape index (κ1) is 22.1. The van der Waals surface area contributed by atoms with Crippen LogP contribution in [-0.4, -0.2) is 41.3 Å². The van der Waals surface area contributed by atoms with E-state index in [1.165, 1.54) is 26.4 Å². The molecule has 0 saturated heterocycles. The van der Waals surface area contributed by atoms with Crippen molar-refractivity contribution in [3.63, 3.8) is 0 Å². The number of rotatable bonds is 7. The van der Waals surface area contributed by atoms with Crippen molar-refractivity contribution in [3.05, 3.63) is 45.9 Å². The lowest BCUT2D eigenvalue weighted by Crippen LogP contribution is -2.37. The molecule has 28 heavy (non-hydrogen) atoms. The van der Waals surface area contributed by atoms with Crippen molar-refractivity contribution in [2.45, 2.75) is 6.92 Å². The predicted molar refractivity (Wildman–Crippen MR) is 112 cm³/mol. The van der Waals surface area contributed by atoms with Gasteiger partial charge in [0.05, 0.1) is 31.2 Å². The Bertz CT molecular complexity index is 996. The Hall–Kier alpha value is -2.16. The van der Waals surface area contributed by atoms with Crippen LogP contribution in [0.2, 0.25) is 10.0 Å². The van der Waals surface area contributed by atoms with Gasteiger partial charge in [-0.1, -0.05) is 29.3 Å². The van der Waals surface area contributed by atoms with Gasteiger partial charge in [0.1, 0.15) is 18.0 Å². The highest BCUT2D eigenvalue weighted by molar-refractivity contribution is 7.92. The first-order valence-electron chi connectivity index (χ1n) is 8.02. The Morgan fingerprint density at radius 2 is 1.75 bits per heavy atom. The van der Waals surface area contributed by atoms with Crippen LogP contribution < -0.4 is 19.1 Å². The van der Waals surface area contributed by atoms with Crippen LogP contribution in [0.1, 0.15) is 5.56 Å². The van der Waals surface area contributed by atoms with Gasteiger partial charge in [-0.25, -0.2) is 8.42 Å². The van der Waals surface area contributed by atoms with E-state index in [0.29, 0.717) is 16.3 Å². The number of sulfonamides is 1. The maximum atomic E-state index is 12.6. The van der Waals surface area contributed by atoms with Gasteiger partial charge in [-0.3, -0.25) is 9.10 Å². The molecule has 1 amide bonds. The maximum absolute atomic E-state index is 12.6. The normalized spacial score (nSPS) is 11.1. The number of nitrogens with one attached hydrogen (secondary N) is 1. The van der Waals surface area contributed by atoms with Gasteiger partial charge in [0.2, 0.25) is 15.9 Å². The Kier molecular flexibility index (Phi) is 7.03. The number of benzene rings is 2. The monoisotopic (exact) mass is 446 g/mol. The van der Waals surface area contributed by atoms with E-state index in [2.05, 4.69) is 5.32 Å². The quantitative estimate of drug-likeness (QED) is 0.700. The fourth-order valence-corrected chi connectivity index (χ4v) is 3.74. The number of carbonyl (C=O) groups is 1. The van der Waals surface area contributed by atoms with E-state index in [1.807, 2.05) is 0 Å². The van der Waals surface area contributed by atoms with Crippen LogP contribution >= 0.6 is 23.2 Å². The minimum atomic E-state index is -3.83. The molecule has 2 rings (SSSR count). The predicted octanol–water partition coefficient (Wildman–Crippen LogP) is 3.72. The van der Waals surface area contributed by atoms with Crippen molar-refractivity contribution >= 4 is 50.5 Å². The zero-order valence-electron chi connectivity index (χ0n) is 15.7. The second-order valence-electron chi connectivity index (χ2n) is 5.89. The molecule has 7 nitrogen and oxygen atoms in total. The fraction of sp³-hybridized carbons (Fsp3) is 0.278. The summed E-state index contributed by atoms with van der Waals surface area (Å²) in [6, 6.07) is 7.88. The van der Waals surface area contributed by atoms with Crippen molar-refractivity contribution in [1.29, 1.82) is 0 Å². The van der Waals surface area contributed by atoms with Crippen LogP contribution in [0.4, 0.5) is 11.4 Å². The van der Waals surface area contributed by atoms with E-state index >= 15 is 0 Å². The summed E-state index contributed by atoms with van der Waals surface area (Å²) in [6.45, 7) is 1.27. The van der Waals surface area contributed by atoms with Gasteiger partial charge in [-0.2, -0.15) is 0 Å². The van der Waals surface area contributed by atoms with E-state index in [9.17, 15) is 13.2 Å². The first-order valence-corrected chi connectivity index (χ1v) is 10.6. The summed E-state index contributed by atoms with van der Waals surface area (Å²) in [6.07, 6.45) is 0.992. The summed E-state index contributed by atoms with van der Waals surface area (Å²) in [7, 11) is -1.05. The van der Waals surface area contributed by atoms with E-state index in [0.717, 1.165) is 10.6 Å². The van der Waals surface area contributed by atoms with E-state index < -0.39 is 22.5 Å². The molecule has 0 aliphatic rings. The van der Waals surface area contributed by atoms with Gasteiger partial charge in [0, 0.05) is 22.8 Å². The van der Waals surface area contributed by atoms with Gasteiger partial charge in [0.15, 0.2) is 0 Å². The number of nitrogens with zero attached hydrogens (tertiary/aromatic N) is 1. The molecule has 152 valence electrons. The molecule has 0 unspecified atom stereocenters. The van der Waals surface area contributed by atoms with E-state index in [1.54, 1.807) is 25.1 Å². The summed E-state index contributed by atoms with van der Waals surface area (Å²) >= 11 is 12.1. The number of anilines is 2. The smallest absolute Gasteiger partial charge is 0.245 e. The minimum Gasteiger partial charge on any atom is -0.495 e. The van der Waals surface area contributed by atoms with Crippen LogP contribution in [-0.2, 0) is 14.8 Å². The molecule has 2 aromatic rings. The Balaban J connectivity index is 2.41. The summed E-state index contributed by atoms with van der Waals surface area (Å²) in [5.74, 6) is -0.119. The number of amides is 1. The second kappa shape index (κ2) is 8.89. The van der Waals surface area contributed by atoms with Crippen molar-refractivity contribution < 1.29 is 22.7 Å². The Labute approximate surface area is 174 Å². The topological polar surface area (TPSA) is 84.9 Å². The SMILES string of the molecule is COc1cc(N(CC(=O)Nc2cccc(Cl)c2C)S(C)(=O)=O)c(OC)cc1Cl. The molecule has 0 aliphatic carbocycles. The standard InChI is InChI=1S/C18H20Cl2N2O5S/c1-11-12(19)6-5-7-14(11)21-18(23)10-22(28(4,24)25)15-9-16(26-2)13(20)8-17(15)27-3/h5-9H,10H2,1-4H3,(H,21,23). The first-order chi connectivity index (χ1) is 13.1. The van der Waals surface area contributed by atoms with Crippen LogP contribution in [0.3, 0.4) is 0 Å². The third kappa shape index (κ3) is 5.01. The lowest BCUT2D eigenvalue weighted by Gasteiger charge is -2.24. The van der Waals surface area contributed by atoms with Gasteiger partial charge in [-0.15, -0.1) is 0 Å². The van der Waals surface area contributed by atoms with Gasteiger partial charge < -0.3 is 14.8 Å². The van der Waals surface area contributed by atoms with Crippen molar-refractivity contribution in [2.75, 3.05) is 36.6 Å². The average molecular weight is 447 g/mol. The molecule has 0 radical (unpaired) electrons. The molecule has 1 N–H and O–H groups in total. The zero-order valence-corrected chi connectivity index (χ0v) is 18.1. The Morgan fingerprint density at radius 1 is 1.11 bits per heavy atom. The number of halogens is 2. The number of hydrogen-bond acceptors (Lipinski definition) is 5. The number of methoxy groups -OCH3 is 2. The second-order valence-corrected chi connectivity index (χ2v) is 8.61. The summed E-state index contributed by atoms with van der Waals surface area (Å²) < 4.78 is 36.1. The van der Waals surface area contributed by atoms with Crippen LogP contribution in [0.5, 0.6) is 11.5 Å². The van der Waals surface area contributed by atoms with Gasteiger partial charge in [-0.05, 0) is 24.6 Å². The zero-order chi connectivity index (χ0) is 21.1. The Morgan fingerprint density at radius 3 is 2.32 bits per heavy atom. The molecule has 0 bridgehead atoms. The third-order valence-electron chi connectivity index (χ3n) is 3.95. The lowest BCUT2D eigenvalue weighted by atomic mass is 10.2. The molecule has 10 heteroatoms. The van der Waals surface area contributed by atoms with Crippen molar-refractivity contribution in [1.82, 2.24) is 0 Å². The molecule has 0 saturated carbocycles. The van der Waals surface area contributed by atoms with E-state index in [4.69, 9.17) is 32.7 Å². The van der Waals surface area contributed by atoms with Crippen molar-refractivity contribution in [3.8, 4) is 11.5 Å². The molecule has 2 aromatic carbocycles.